The Bertz CT molecular complexity index is 415. The Hall–Kier alpha value is -0.860. The molecule has 2 heteroatoms. The van der Waals surface area contributed by atoms with Gasteiger partial charge < -0.3 is 5.32 Å². The van der Waals surface area contributed by atoms with Gasteiger partial charge in [0.05, 0.1) is 0 Å². The van der Waals surface area contributed by atoms with Crippen LogP contribution in [0.4, 0.5) is 0 Å². The van der Waals surface area contributed by atoms with E-state index in [4.69, 9.17) is 0 Å². The average Bonchev–Trinajstić information content (AvgIpc) is 2.49. The molecule has 0 unspecified atom stereocenters. The summed E-state index contributed by atoms with van der Waals surface area (Å²) in [4.78, 5) is 2.76. The van der Waals surface area contributed by atoms with Crippen molar-refractivity contribution >= 4 is 0 Å². The Morgan fingerprint density at radius 3 is 2.47 bits per heavy atom. The molecule has 1 aliphatic heterocycles. The van der Waals surface area contributed by atoms with Gasteiger partial charge in [0.2, 0.25) is 0 Å². The van der Waals surface area contributed by atoms with E-state index in [-0.39, 0.29) is 0 Å². The molecule has 0 atom stereocenters. The molecule has 1 aromatic carbocycles. The second kappa shape index (κ2) is 5.64. The van der Waals surface area contributed by atoms with Crippen molar-refractivity contribution < 1.29 is 0 Å². The number of rotatable bonds is 2. The van der Waals surface area contributed by atoms with E-state index in [2.05, 4.69) is 41.4 Å². The molecule has 0 amide bonds. The van der Waals surface area contributed by atoms with Gasteiger partial charge in [0.25, 0.3) is 0 Å². The van der Waals surface area contributed by atoms with Crippen molar-refractivity contribution in [2.75, 3.05) is 26.2 Å². The van der Waals surface area contributed by atoms with E-state index < -0.39 is 0 Å². The molecule has 3 rings (SSSR count). The summed E-state index contributed by atoms with van der Waals surface area (Å²) in [6.07, 6.45) is 6.88. The molecule has 1 N–H and O–H groups in total. The summed E-state index contributed by atoms with van der Waals surface area (Å²) < 4.78 is 0. The first-order valence-corrected chi connectivity index (χ1v) is 7.84. The highest BCUT2D eigenvalue weighted by Gasteiger charge is 2.39. The van der Waals surface area contributed by atoms with E-state index >= 15 is 0 Å². The lowest BCUT2D eigenvalue weighted by Crippen LogP contribution is -2.55. The van der Waals surface area contributed by atoms with E-state index in [1.165, 1.54) is 50.8 Å². The molecule has 0 radical (unpaired) electrons. The molecule has 1 aliphatic carbocycles. The molecule has 1 aromatic rings. The van der Waals surface area contributed by atoms with E-state index in [9.17, 15) is 0 Å². The fourth-order valence-corrected chi connectivity index (χ4v) is 3.95. The summed E-state index contributed by atoms with van der Waals surface area (Å²) in [6.45, 7) is 6.92. The Morgan fingerprint density at radius 2 is 1.79 bits per heavy atom. The quantitative estimate of drug-likeness (QED) is 0.877. The summed E-state index contributed by atoms with van der Waals surface area (Å²) in [7, 11) is 0. The van der Waals surface area contributed by atoms with Gasteiger partial charge in [-0.3, -0.25) is 4.90 Å². The highest BCUT2D eigenvalue weighted by Crippen LogP contribution is 2.42. The molecule has 104 valence electrons. The molecule has 1 heterocycles. The van der Waals surface area contributed by atoms with Crippen molar-refractivity contribution in [3.63, 3.8) is 0 Å². The van der Waals surface area contributed by atoms with Crippen LogP contribution in [0.5, 0.6) is 0 Å². The van der Waals surface area contributed by atoms with Gasteiger partial charge in [-0.15, -0.1) is 0 Å². The first-order valence-electron chi connectivity index (χ1n) is 7.84. The van der Waals surface area contributed by atoms with Crippen LogP contribution in [0.1, 0.15) is 43.2 Å². The van der Waals surface area contributed by atoms with Crippen LogP contribution in [0.25, 0.3) is 0 Å². The molecule has 0 spiro atoms. The van der Waals surface area contributed by atoms with Crippen LogP contribution in [0.3, 0.4) is 0 Å². The zero-order valence-corrected chi connectivity index (χ0v) is 12.1. The molecular weight excluding hydrogens is 232 g/mol. The minimum Gasteiger partial charge on any atom is -0.314 e. The largest absolute Gasteiger partial charge is 0.314 e. The fourth-order valence-electron chi connectivity index (χ4n) is 3.95. The standard InChI is InChI=1S/C17H26N2/c1-15-6-5-7-16(14-15)17(8-3-2-4-9-17)19-12-10-18-11-13-19/h5-7,14,18H,2-4,8-13H2,1H3. The van der Waals surface area contributed by atoms with Crippen LogP contribution in [-0.2, 0) is 5.54 Å². The van der Waals surface area contributed by atoms with Crippen LogP contribution in [-0.4, -0.2) is 31.1 Å². The molecule has 0 bridgehead atoms. The molecular formula is C17H26N2. The summed E-state index contributed by atoms with van der Waals surface area (Å²) in [5, 5.41) is 3.49. The number of hydrogen-bond acceptors (Lipinski definition) is 2. The molecule has 2 nitrogen and oxygen atoms in total. The van der Waals surface area contributed by atoms with Gasteiger partial charge in [0.1, 0.15) is 0 Å². The van der Waals surface area contributed by atoms with Crippen LogP contribution in [0.2, 0.25) is 0 Å². The molecule has 2 fully saturated rings. The van der Waals surface area contributed by atoms with Crippen LogP contribution < -0.4 is 5.32 Å². The van der Waals surface area contributed by atoms with Crippen molar-refractivity contribution in [1.29, 1.82) is 0 Å². The minimum absolute atomic E-state index is 0.326. The van der Waals surface area contributed by atoms with Crippen LogP contribution >= 0.6 is 0 Å². The third kappa shape index (κ3) is 2.56. The van der Waals surface area contributed by atoms with E-state index in [0.29, 0.717) is 5.54 Å². The van der Waals surface area contributed by atoms with Crippen molar-refractivity contribution in [3.8, 4) is 0 Å². The number of aryl methyl sites for hydroxylation is 1. The summed E-state index contributed by atoms with van der Waals surface area (Å²) >= 11 is 0. The van der Waals surface area contributed by atoms with Gasteiger partial charge >= 0.3 is 0 Å². The van der Waals surface area contributed by atoms with Gasteiger partial charge in [-0.2, -0.15) is 0 Å². The summed E-state index contributed by atoms with van der Waals surface area (Å²) in [5.41, 5.74) is 3.29. The van der Waals surface area contributed by atoms with Gasteiger partial charge in [-0.05, 0) is 25.3 Å². The number of hydrogen-bond donors (Lipinski definition) is 1. The smallest absolute Gasteiger partial charge is 0.0461 e. The summed E-state index contributed by atoms with van der Waals surface area (Å²) in [5.74, 6) is 0. The van der Waals surface area contributed by atoms with Gasteiger partial charge in [-0.25, -0.2) is 0 Å². The van der Waals surface area contributed by atoms with Gasteiger partial charge in [0.15, 0.2) is 0 Å². The molecule has 1 saturated heterocycles. The SMILES string of the molecule is Cc1cccc(C2(N3CCNCC3)CCCCC2)c1. The lowest BCUT2D eigenvalue weighted by atomic mass is 9.74. The Morgan fingerprint density at radius 1 is 1.05 bits per heavy atom. The fraction of sp³-hybridized carbons (Fsp3) is 0.647. The predicted octanol–water partition coefficient (Wildman–Crippen LogP) is 3.06. The minimum atomic E-state index is 0.326. The third-order valence-corrected chi connectivity index (χ3v) is 4.96. The number of nitrogens with zero attached hydrogens (tertiary/aromatic N) is 1. The van der Waals surface area contributed by atoms with Gasteiger partial charge in [-0.1, -0.05) is 49.1 Å². The highest BCUT2D eigenvalue weighted by molar-refractivity contribution is 5.30. The topological polar surface area (TPSA) is 15.3 Å². The normalized spacial score (nSPS) is 24.3. The van der Waals surface area contributed by atoms with Crippen molar-refractivity contribution in [1.82, 2.24) is 10.2 Å². The number of benzene rings is 1. The van der Waals surface area contributed by atoms with E-state index in [1.807, 2.05) is 0 Å². The van der Waals surface area contributed by atoms with Crippen LogP contribution in [0, 0.1) is 6.92 Å². The van der Waals surface area contributed by atoms with Gasteiger partial charge in [0, 0.05) is 31.7 Å². The Kier molecular flexibility index (Phi) is 3.90. The summed E-state index contributed by atoms with van der Waals surface area (Å²) in [6, 6.07) is 9.24. The first-order chi connectivity index (χ1) is 9.31. The molecule has 19 heavy (non-hydrogen) atoms. The van der Waals surface area contributed by atoms with Crippen molar-refractivity contribution in [3.05, 3.63) is 35.4 Å². The lowest BCUT2D eigenvalue weighted by Gasteiger charge is -2.49. The maximum absolute atomic E-state index is 3.49. The zero-order chi connectivity index (χ0) is 13.1. The average molecular weight is 258 g/mol. The monoisotopic (exact) mass is 258 g/mol. The Balaban J connectivity index is 1.95. The number of piperazine rings is 1. The first kappa shape index (κ1) is 13.1. The van der Waals surface area contributed by atoms with E-state index in [0.717, 1.165) is 13.1 Å². The van der Waals surface area contributed by atoms with Crippen molar-refractivity contribution in [2.24, 2.45) is 0 Å². The Labute approximate surface area is 117 Å². The second-order valence-corrected chi connectivity index (χ2v) is 6.20. The predicted molar refractivity (Wildman–Crippen MR) is 80.4 cm³/mol. The second-order valence-electron chi connectivity index (χ2n) is 6.20. The number of nitrogens with one attached hydrogen (secondary N) is 1. The highest BCUT2D eigenvalue weighted by atomic mass is 15.2. The maximum Gasteiger partial charge on any atom is 0.0461 e. The van der Waals surface area contributed by atoms with E-state index in [1.54, 1.807) is 5.56 Å². The van der Waals surface area contributed by atoms with Crippen LogP contribution in [0.15, 0.2) is 24.3 Å². The third-order valence-electron chi connectivity index (χ3n) is 4.96. The maximum atomic E-state index is 3.49. The molecule has 1 saturated carbocycles. The molecule has 0 aromatic heterocycles. The molecule has 2 aliphatic rings. The zero-order valence-electron chi connectivity index (χ0n) is 12.1. The lowest BCUT2D eigenvalue weighted by molar-refractivity contribution is 0.0361. The van der Waals surface area contributed by atoms with Crippen molar-refractivity contribution in [2.45, 2.75) is 44.6 Å².